The maximum Gasteiger partial charge on any atom is 0.448 e. The van der Waals surface area contributed by atoms with Gasteiger partial charge in [-0.3, -0.25) is 0 Å². The van der Waals surface area contributed by atoms with E-state index < -0.39 is 56.6 Å². The fourth-order valence-electron chi connectivity index (χ4n) is 1.90. The minimum atomic E-state index is -1.04. The van der Waals surface area contributed by atoms with Crippen LogP contribution in [-0.4, -0.2) is 61.0 Å². The zero-order chi connectivity index (χ0) is 25.7. The summed E-state index contributed by atoms with van der Waals surface area (Å²) in [6.45, 7) is 0. The molecule has 0 amide bonds. The van der Waals surface area contributed by atoms with Crippen LogP contribution in [0.15, 0.2) is 39.0 Å². The molecule has 28 nitrogen and oxygen atoms in total. The lowest BCUT2D eigenvalue weighted by atomic mass is 10.6. The summed E-state index contributed by atoms with van der Waals surface area (Å²) < 4.78 is 17.2. The van der Waals surface area contributed by atoms with Crippen molar-refractivity contribution in [2.75, 3.05) is 10.9 Å². The fourth-order valence-corrected chi connectivity index (χ4v) is 1.90. The van der Waals surface area contributed by atoms with E-state index in [-0.39, 0.29) is 9.72 Å². The first-order valence-electron chi connectivity index (χ1n) is 8.23. The van der Waals surface area contributed by atoms with Crippen LogP contribution in [0.3, 0.4) is 0 Å². The number of anilines is 2. The first-order chi connectivity index (χ1) is 17.3. The van der Waals surface area contributed by atoms with E-state index in [1.54, 1.807) is 10.9 Å². The molecule has 0 unspecified atom stereocenters. The average Bonchev–Trinajstić information content (AvgIpc) is 3.60. The molecule has 28 heteroatoms. The molecule has 0 saturated heterocycles. The van der Waals surface area contributed by atoms with Gasteiger partial charge in [0.2, 0.25) is 0 Å². The fraction of sp³-hybridized carbons (Fsp3) is 0. The highest BCUT2D eigenvalue weighted by molar-refractivity contribution is 5.51. The zero-order valence-electron chi connectivity index (χ0n) is 16.2. The largest absolute Gasteiger partial charge is 0.690 e. The van der Waals surface area contributed by atoms with Crippen molar-refractivity contribution < 1.29 is 38.3 Å². The third kappa shape index (κ3) is 4.89. The Hall–Kier alpha value is -6.64. The van der Waals surface area contributed by atoms with Gasteiger partial charge < -0.3 is 10.4 Å². The monoisotopic (exact) mass is 510 g/mol. The van der Waals surface area contributed by atoms with E-state index >= 15 is 0 Å². The molecular formula is C8H2N18O10. The van der Waals surface area contributed by atoms with Crippen LogP contribution in [0.5, 0.6) is 0 Å². The molecule has 184 valence electrons. The van der Waals surface area contributed by atoms with E-state index in [0.717, 1.165) is 0 Å². The van der Waals surface area contributed by atoms with Crippen LogP contribution in [0.2, 0.25) is 0 Å². The Morgan fingerprint density at radius 2 is 0.917 bits per heavy atom. The molecule has 0 aliphatic heterocycles. The number of nitro groups is 2. The quantitative estimate of drug-likeness (QED) is 0.128. The van der Waals surface area contributed by atoms with Gasteiger partial charge in [-0.2, -0.15) is 0 Å². The second-order valence-electron chi connectivity index (χ2n) is 5.38. The van der Waals surface area contributed by atoms with E-state index in [9.17, 15) is 30.6 Å². The lowest BCUT2D eigenvalue weighted by Crippen LogP contribution is -2.09. The topological polar surface area (TPSA) is 368 Å². The highest BCUT2D eigenvalue weighted by Crippen LogP contribution is 2.31. The molecular weight excluding hydrogens is 508 g/mol. The van der Waals surface area contributed by atoms with Crippen molar-refractivity contribution in [3.63, 3.8) is 0 Å². The predicted octanol–water partition coefficient (Wildman–Crippen LogP) is 0.693. The molecule has 4 rings (SSSR count). The number of hydrogen-bond donors (Lipinski definition) is 2. The minimum Gasteiger partial charge on any atom is -0.690 e. The number of nitrogens with one attached hydrogen (secondary N) is 2. The van der Waals surface area contributed by atoms with Crippen molar-refractivity contribution in [2.45, 2.75) is 0 Å². The van der Waals surface area contributed by atoms with Crippen LogP contribution in [0.1, 0.15) is 0 Å². The van der Waals surface area contributed by atoms with E-state index in [1.807, 2.05) is 0 Å². The Bertz CT molecular complexity index is 1380. The number of aromatic nitrogens is 8. The van der Waals surface area contributed by atoms with Crippen molar-refractivity contribution in [2.24, 2.45) is 20.5 Å². The number of azo groups is 3. The minimum absolute atomic E-state index is 0.281. The second kappa shape index (κ2) is 9.46. The first kappa shape index (κ1) is 22.6. The van der Waals surface area contributed by atoms with Crippen molar-refractivity contribution in [1.82, 2.24) is 41.3 Å². The number of nitrogens with zero attached hydrogens (tertiary/aromatic N) is 16. The molecule has 0 fully saturated rings. The van der Waals surface area contributed by atoms with E-state index in [1.165, 1.54) is 0 Å². The molecule has 0 radical (unpaired) electrons. The smallest absolute Gasteiger partial charge is 0.448 e. The number of hydrazine groups is 2. The standard InChI is InChI=1S/C8H2N18O10/c27-23(7-5(13-25(29)30)19-35-21-7)11-3-1(15-33-17-3)9-10-2-4(18-34-16-2)12-24(28)8-6(14-26(31)32)20-36-22-8/h(H,13,19)(H,14,20). The lowest BCUT2D eigenvalue weighted by molar-refractivity contribution is -0.454. The van der Waals surface area contributed by atoms with Crippen LogP contribution in [0, 0.1) is 30.6 Å². The van der Waals surface area contributed by atoms with Crippen LogP contribution in [-0.2, 0) is 0 Å². The summed E-state index contributed by atoms with van der Waals surface area (Å²) in [5, 5.41) is 82.7. The molecule has 36 heavy (non-hydrogen) atoms. The lowest BCUT2D eigenvalue weighted by Gasteiger charge is -1.98. The van der Waals surface area contributed by atoms with Gasteiger partial charge in [0.05, 0.1) is 0 Å². The second-order valence-corrected chi connectivity index (χ2v) is 5.38. The molecule has 0 aromatic carbocycles. The highest BCUT2D eigenvalue weighted by Gasteiger charge is 2.27. The van der Waals surface area contributed by atoms with Gasteiger partial charge in [-0.05, 0) is 20.6 Å². The summed E-state index contributed by atoms with van der Waals surface area (Å²) in [6, 6.07) is 0. The van der Waals surface area contributed by atoms with Gasteiger partial charge in [-0.25, -0.2) is 29.5 Å². The Kier molecular flexibility index (Phi) is 5.93. The molecule has 0 bridgehead atoms. The van der Waals surface area contributed by atoms with Crippen molar-refractivity contribution in [3.05, 3.63) is 30.6 Å². The molecule has 0 aliphatic carbocycles. The van der Waals surface area contributed by atoms with Crippen LogP contribution in [0.25, 0.3) is 0 Å². The van der Waals surface area contributed by atoms with E-state index in [0.29, 0.717) is 0 Å². The predicted molar refractivity (Wildman–Crippen MR) is 93.4 cm³/mol. The molecule has 0 saturated carbocycles. The Labute approximate surface area is 189 Å². The third-order valence-electron chi connectivity index (χ3n) is 3.22. The van der Waals surface area contributed by atoms with E-state index in [2.05, 4.69) is 80.2 Å². The van der Waals surface area contributed by atoms with Crippen LogP contribution < -0.4 is 10.9 Å². The van der Waals surface area contributed by atoms with Gasteiger partial charge in [0.15, 0.2) is 20.4 Å². The third-order valence-corrected chi connectivity index (χ3v) is 3.22. The van der Waals surface area contributed by atoms with Crippen LogP contribution >= 0.6 is 0 Å². The molecule has 0 spiro atoms. The van der Waals surface area contributed by atoms with Crippen molar-refractivity contribution in [1.29, 1.82) is 0 Å². The summed E-state index contributed by atoms with van der Waals surface area (Å²) in [4.78, 5) is 20.5. The van der Waals surface area contributed by atoms with Gasteiger partial charge in [-0.1, -0.05) is 21.1 Å². The molecule has 0 aliphatic rings. The Morgan fingerprint density at radius 3 is 1.31 bits per heavy atom. The van der Waals surface area contributed by atoms with E-state index in [4.69, 9.17) is 0 Å². The van der Waals surface area contributed by atoms with Gasteiger partial charge in [0, 0.05) is 10.3 Å². The number of rotatable bonds is 10. The zero-order valence-corrected chi connectivity index (χ0v) is 16.2. The average molecular weight is 510 g/mol. The van der Waals surface area contributed by atoms with Gasteiger partial charge >= 0.3 is 23.3 Å². The van der Waals surface area contributed by atoms with Crippen molar-refractivity contribution >= 4 is 46.5 Å². The van der Waals surface area contributed by atoms with Gasteiger partial charge in [0.25, 0.3) is 23.3 Å². The molecule has 2 N–H and O–H groups in total. The highest BCUT2D eigenvalue weighted by atomic mass is 16.7. The Morgan fingerprint density at radius 1 is 0.556 bits per heavy atom. The summed E-state index contributed by atoms with van der Waals surface area (Å²) in [5.41, 5.74) is 3.10. The number of hydrogen-bond acceptors (Lipinski definition) is 22. The Balaban J connectivity index is 1.56. The van der Waals surface area contributed by atoms with Crippen LogP contribution in [0.4, 0.5) is 46.5 Å². The normalized spacial score (nSPS) is 12.2. The van der Waals surface area contributed by atoms with Crippen molar-refractivity contribution in [3.8, 4) is 0 Å². The molecule has 0 atom stereocenters. The maximum absolute atomic E-state index is 12.1. The summed E-state index contributed by atoms with van der Waals surface area (Å²) in [7, 11) is 0. The first-order valence-corrected chi connectivity index (χ1v) is 8.23. The summed E-state index contributed by atoms with van der Waals surface area (Å²) in [5.74, 6) is -5.17. The molecule has 4 heterocycles. The molecule has 4 aromatic heterocycles. The van der Waals surface area contributed by atoms with Gasteiger partial charge in [0.1, 0.15) is 0 Å². The maximum atomic E-state index is 12.1. The summed E-state index contributed by atoms with van der Waals surface area (Å²) >= 11 is 0. The summed E-state index contributed by atoms with van der Waals surface area (Å²) in [6.07, 6.45) is 0. The SMILES string of the molecule is O=[N+]([O-])Nc1nonc1[N+]([O-])=Nc1nonc1N=Nc1nonc1N=[N+]([O-])c1nonc1N[N+](=O)[O-]. The van der Waals surface area contributed by atoms with Gasteiger partial charge in [-0.15, -0.1) is 29.2 Å². The molecule has 4 aromatic rings.